The number of aliphatic carboxylic acids is 1. The summed E-state index contributed by atoms with van der Waals surface area (Å²) in [7, 11) is 0. The molecule has 2 aromatic rings. The molecule has 3 N–H and O–H groups in total. The first-order chi connectivity index (χ1) is 23.6. The van der Waals surface area contributed by atoms with Crippen LogP contribution in [0.2, 0.25) is 0 Å². The molecule has 0 saturated carbocycles. The molecule has 49 heavy (non-hydrogen) atoms. The van der Waals surface area contributed by atoms with Crippen LogP contribution in [0.25, 0.3) is 0 Å². The average Bonchev–Trinajstić information content (AvgIpc) is 3.06. The van der Waals surface area contributed by atoms with Crippen molar-refractivity contribution in [2.24, 2.45) is 11.7 Å². The molecule has 0 spiro atoms. The quantitative estimate of drug-likeness (QED) is 0.214. The van der Waals surface area contributed by atoms with Gasteiger partial charge in [0.2, 0.25) is 5.78 Å². The third-order valence-corrected chi connectivity index (χ3v) is 7.54. The number of rotatable bonds is 10. The van der Waals surface area contributed by atoms with E-state index in [-0.39, 0.29) is 36.6 Å². The number of carbonyl (C=O) groups is 4. The van der Waals surface area contributed by atoms with Crippen LogP contribution in [0.15, 0.2) is 36.7 Å². The highest BCUT2D eigenvalue weighted by atomic mass is 16.5. The van der Waals surface area contributed by atoms with E-state index >= 15 is 0 Å². The van der Waals surface area contributed by atoms with Crippen LogP contribution in [0.5, 0.6) is 0 Å². The first kappa shape index (κ1) is 40.2. The van der Waals surface area contributed by atoms with Gasteiger partial charge in [-0.3, -0.25) is 24.4 Å². The second kappa shape index (κ2) is 22.6. The molecule has 2 fully saturated rings. The maximum absolute atomic E-state index is 11.7. The summed E-state index contributed by atoms with van der Waals surface area (Å²) in [5.74, 6) is 8.16. The van der Waals surface area contributed by atoms with Gasteiger partial charge in [-0.15, -0.1) is 0 Å². The van der Waals surface area contributed by atoms with E-state index in [2.05, 4.69) is 37.5 Å². The van der Waals surface area contributed by atoms with Gasteiger partial charge < -0.3 is 30.1 Å². The standard InChI is InChI=1S/C19H24N2O3.C14H21N3O2.C4H4O2/c1-3-6-18(22)11-15-7-5-10-21(14-15)17-8-9-20-16(12-17)13-19(23)24-4-2;1-2-19-14(18)9-12-8-13(5-6-16-12)17-7-3-4-11(15)10-17;1-2-3-4(5)6/h8-9,12,15H,4-5,7,10-11,13-14H2,1-2H3;5-6,8,11H,2-4,7,9-10,15H2,1H3;1H3,(H,5,6)/t15-;11-;/m01./s1. The predicted molar refractivity (Wildman–Crippen MR) is 188 cm³/mol. The van der Waals surface area contributed by atoms with Crippen LogP contribution >= 0.6 is 0 Å². The van der Waals surface area contributed by atoms with Crippen molar-refractivity contribution in [3.63, 3.8) is 0 Å². The Balaban J connectivity index is 0.000000297. The number of carboxylic acids is 1. The third-order valence-electron chi connectivity index (χ3n) is 7.54. The number of hydrogen-bond acceptors (Lipinski definition) is 11. The van der Waals surface area contributed by atoms with Gasteiger partial charge in [-0.1, -0.05) is 11.8 Å². The number of piperidine rings is 2. The number of nitrogens with zero attached hydrogens (tertiary/aromatic N) is 4. The van der Waals surface area contributed by atoms with Crippen LogP contribution in [-0.4, -0.2) is 84.2 Å². The zero-order valence-corrected chi connectivity index (χ0v) is 29.1. The highest BCUT2D eigenvalue weighted by Gasteiger charge is 2.22. The van der Waals surface area contributed by atoms with Gasteiger partial charge in [-0.05, 0) is 89.5 Å². The summed E-state index contributed by atoms with van der Waals surface area (Å²) in [5, 5.41) is 7.74. The van der Waals surface area contributed by atoms with Crippen molar-refractivity contribution in [3.8, 4) is 23.7 Å². The van der Waals surface area contributed by atoms with Crippen molar-refractivity contribution >= 4 is 35.1 Å². The molecule has 4 heterocycles. The Morgan fingerprint density at radius 1 is 0.837 bits per heavy atom. The van der Waals surface area contributed by atoms with Crippen LogP contribution in [0.4, 0.5) is 11.4 Å². The second-order valence-electron chi connectivity index (χ2n) is 11.5. The van der Waals surface area contributed by atoms with Gasteiger partial charge in [-0.25, -0.2) is 4.79 Å². The zero-order chi connectivity index (χ0) is 36.0. The van der Waals surface area contributed by atoms with Crippen LogP contribution < -0.4 is 15.5 Å². The largest absolute Gasteiger partial charge is 0.472 e. The summed E-state index contributed by atoms with van der Waals surface area (Å²) in [6.07, 6.45) is 8.67. The molecule has 12 nitrogen and oxygen atoms in total. The molecule has 2 atom stereocenters. The lowest BCUT2D eigenvalue weighted by atomic mass is 9.92. The van der Waals surface area contributed by atoms with Crippen molar-refractivity contribution in [3.05, 3.63) is 48.0 Å². The third kappa shape index (κ3) is 16.1. The number of nitrogens with two attached hydrogens (primary N) is 1. The molecule has 2 aliphatic heterocycles. The molecule has 0 unspecified atom stereocenters. The van der Waals surface area contributed by atoms with Gasteiger partial charge in [0.1, 0.15) is 0 Å². The Morgan fingerprint density at radius 3 is 1.80 bits per heavy atom. The molecule has 4 rings (SSSR count). The Hall–Kier alpha value is -4.94. The molecule has 0 aromatic carbocycles. The minimum Gasteiger partial charge on any atom is -0.472 e. The maximum atomic E-state index is 11.7. The van der Waals surface area contributed by atoms with E-state index in [0.717, 1.165) is 68.9 Å². The van der Waals surface area contributed by atoms with Crippen molar-refractivity contribution < 1.29 is 33.8 Å². The highest BCUT2D eigenvalue weighted by molar-refractivity contribution is 5.95. The lowest BCUT2D eigenvalue weighted by Crippen LogP contribution is -2.42. The van der Waals surface area contributed by atoms with E-state index in [0.29, 0.717) is 31.2 Å². The number of aromatic nitrogens is 2. The molecule has 264 valence electrons. The molecule has 12 heteroatoms. The van der Waals surface area contributed by atoms with Crippen LogP contribution in [0.3, 0.4) is 0 Å². The SMILES string of the molecule is CC#CC(=O)C[C@@H]1CCCN(c2ccnc(CC(=O)OCC)c2)C1.CC#CC(=O)O.CCOC(=O)Cc1cc(N2CCC[C@@H](N)C2)ccn1. The number of pyridine rings is 2. The van der Waals surface area contributed by atoms with Crippen molar-refractivity contribution in [1.29, 1.82) is 0 Å². The Kier molecular flexibility index (Phi) is 18.6. The van der Waals surface area contributed by atoms with Crippen LogP contribution in [0.1, 0.15) is 71.2 Å². The smallest absolute Gasteiger partial charge is 0.381 e. The molecular weight excluding hydrogens is 626 g/mol. The Labute approximate surface area is 289 Å². The fourth-order valence-electron chi connectivity index (χ4n) is 5.51. The summed E-state index contributed by atoms with van der Waals surface area (Å²) in [4.78, 5) is 57.2. The number of esters is 2. The van der Waals surface area contributed by atoms with Gasteiger partial charge >= 0.3 is 17.9 Å². The highest BCUT2D eigenvalue weighted by Crippen LogP contribution is 2.25. The van der Waals surface area contributed by atoms with Gasteiger partial charge in [0.05, 0.1) is 37.4 Å². The fourth-order valence-corrected chi connectivity index (χ4v) is 5.51. The summed E-state index contributed by atoms with van der Waals surface area (Å²) in [5.41, 5.74) is 9.58. The molecule has 0 radical (unpaired) electrons. The minimum atomic E-state index is -1.07. The zero-order valence-electron chi connectivity index (χ0n) is 29.1. The summed E-state index contributed by atoms with van der Waals surface area (Å²) in [6, 6.07) is 8.04. The number of ketones is 1. The van der Waals surface area contributed by atoms with E-state index in [9.17, 15) is 19.2 Å². The summed E-state index contributed by atoms with van der Waals surface area (Å²) < 4.78 is 9.91. The lowest BCUT2D eigenvalue weighted by Gasteiger charge is -2.34. The normalized spacial score (nSPS) is 16.4. The van der Waals surface area contributed by atoms with E-state index in [1.165, 1.54) is 6.92 Å². The number of Topliss-reactive ketones (excluding diaryl/α,β-unsaturated/α-hetero) is 1. The van der Waals surface area contributed by atoms with Gasteiger partial charge in [-0.2, -0.15) is 0 Å². The maximum Gasteiger partial charge on any atom is 0.381 e. The van der Waals surface area contributed by atoms with E-state index in [4.69, 9.17) is 20.3 Å². The van der Waals surface area contributed by atoms with Crippen LogP contribution in [-0.2, 0) is 41.5 Å². The first-order valence-electron chi connectivity index (χ1n) is 16.7. The van der Waals surface area contributed by atoms with Crippen LogP contribution in [0, 0.1) is 29.6 Å². The average molecular weight is 676 g/mol. The van der Waals surface area contributed by atoms with Gasteiger partial charge in [0.25, 0.3) is 0 Å². The minimum absolute atomic E-state index is 0.0158. The Morgan fingerprint density at radius 2 is 1.35 bits per heavy atom. The molecule has 2 aliphatic rings. The molecule has 0 bridgehead atoms. The second-order valence-corrected chi connectivity index (χ2v) is 11.5. The number of hydrogen-bond donors (Lipinski definition) is 2. The lowest BCUT2D eigenvalue weighted by molar-refractivity contribution is -0.143. The Bertz CT molecular complexity index is 1510. The first-order valence-corrected chi connectivity index (χ1v) is 16.7. The van der Waals surface area contributed by atoms with Gasteiger partial charge in [0.15, 0.2) is 0 Å². The topological polar surface area (TPSA) is 165 Å². The van der Waals surface area contributed by atoms with Crippen molar-refractivity contribution in [1.82, 2.24) is 9.97 Å². The molecule has 2 aromatic heterocycles. The molecule has 2 saturated heterocycles. The number of ether oxygens (including phenoxy) is 2. The van der Waals surface area contributed by atoms with E-state index < -0.39 is 5.97 Å². The van der Waals surface area contributed by atoms with E-state index in [1.807, 2.05) is 30.2 Å². The molecule has 0 aliphatic carbocycles. The number of carboxylic acid groups (broad SMARTS) is 1. The molecular formula is C37H49N5O7. The molecule has 0 amide bonds. The summed E-state index contributed by atoms with van der Waals surface area (Å²) in [6.45, 7) is 11.2. The predicted octanol–water partition coefficient (Wildman–Crippen LogP) is 3.60. The number of carbonyl (C=O) groups excluding carboxylic acids is 3. The van der Waals surface area contributed by atoms with Crippen molar-refractivity contribution in [2.75, 3.05) is 49.2 Å². The monoisotopic (exact) mass is 675 g/mol. The number of anilines is 2. The van der Waals surface area contributed by atoms with Crippen molar-refractivity contribution in [2.45, 2.75) is 78.7 Å². The van der Waals surface area contributed by atoms with E-state index in [1.54, 1.807) is 33.2 Å². The summed E-state index contributed by atoms with van der Waals surface area (Å²) >= 11 is 0. The van der Waals surface area contributed by atoms with Gasteiger partial charge in [0, 0.05) is 68.3 Å². The fraction of sp³-hybridized carbons (Fsp3) is 0.514.